The molecule has 6 nitrogen and oxygen atoms in total. The van der Waals surface area contributed by atoms with Crippen LogP contribution in [0.5, 0.6) is 0 Å². The molecule has 0 radical (unpaired) electrons. The van der Waals surface area contributed by atoms with Gasteiger partial charge in [-0.15, -0.1) is 0 Å². The lowest BCUT2D eigenvalue weighted by Crippen LogP contribution is -2.44. The van der Waals surface area contributed by atoms with E-state index in [1.807, 2.05) is 48.5 Å². The molecule has 3 heterocycles. The number of benzene rings is 3. The number of nitrogens with one attached hydrogen (secondary N) is 2. The molecule has 2 unspecified atom stereocenters. The number of rotatable bonds is 5. The van der Waals surface area contributed by atoms with Crippen molar-refractivity contribution in [3.05, 3.63) is 83.9 Å². The largest absolute Gasteiger partial charge is 0.393 e. The molecule has 2 atom stereocenters. The number of piperidine rings is 1. The normalized spacial score (nSPS) is 21.7. The smallest absolute Gasteiger partial charge is 0.251 e. The summed E-state index contributed by atoms with van der Waals surface area (Å²) in [7, 11) is 0. The molecule has 6 heteroatoms. The van der Waals surface area contributed by atoms with Gasteiger partial charge in [-0.3, -0.25) is 9.89 Å². The summed E-state index contributed by atoms with van der Waals surface area (Å²) in [5, 5.41) is 21.7. The van der Waals surface area contributed by atoms with Crippen LogP contribution in [0.3, 0.4) is 0 Å². The Kier molecular flexibility index (Phi) is 5.30. The topological polar surface area (TPSA) is 81.2 Å². The minimum atomic E-state index is -0.164. The van der Waals surface area contributed by atoms with E-state index in [-0.39, 0.29) is 12.0 Å². The summed E-state index contributed by atoms with van der Waals surface area (Å²) < 4.78 is 0. The molecule has 3 N–H and O–H groups in total. The van der Waals surface area contributed by atoms with Gasteiger partial charge in [0.05, 0.1) is 17.3 Å². The first-order valence-electron chi connectivity index (χ1n) is 12.0. The summed E-state index contributed by atoms with van der Waals surface area (Å²) in [6.07, 6.45) is 3.86. The lowest BCUT2D eigenvalue weighted by molar-refractivity contribution is 0.0951. The first-order valence-corrected chi connectivity index (χ1v) is 12.0. The van der Waals surface area contributed by atoms with Crippen LogP contribution in [0.1, 0.15) is 41.6 Å². The van der Waals surface area contributed by atoms with Crippen LogP contribution in [0.25, 0.3) is 22.2 Å². The number of carbonyl (C=O) groups is 1. The van der Waals surface area contributed by atoms with E-state index < -0.39 is 0 Å². The number of amides is 1. The number of carbonyl (C=O) groups excluding carboxylic acids is 1. The molecule has 6 rings (SSSR count). The quantitative estimate of drug-likeness (QED) is 0.412. The van der Waals surface area contributed by atoms with Gasteiger partial charge in [0.25, 0.3) is 5.91 Å². The first kappa shape index (κ1) is 20.9. The molecule has 3 aromatic carbocycles. The zero-order valence-corrected chi connectivity index (χ0v) is 18.9. The zero-order valence-electron chi connectivity index (χ0n) is 18.9. The van der Waals surface area contributed by atoms with Crippen LogP contribution < -0.4 is 10.2 Å². The minimum absolute atomic E-state index is 0.101. The molecule has 34 heavy (non-hydrogen) atoms. The molecular formula is C28H28N4O2. The Balaban J connectivity index is 1.23. The Morgan fingerprint density at radius 3 is 2.47 bits per heavy atom. The maximum atomic E-state index is 12.8. The number of hydrogen-bond donors (Lipinski definition) is 3. The highest BCUT2D eigenvalue weighted by atomic mass is 16.3. The number of H-pyrrole nitrogens is 1. The Labute approximate surface area is 198 Å². The van der Waals surface area contributed by atoms with Gasteiger partial charge >= 0.3 is 0 Å². The predicted octanol–water partition coefficient (Wildman–Crippen LogP) is 4.65. The van der Waals surface area contributed by atoms with Crippen LogP contribution in [-0.4, -0.2) is 39.4 Å². The highest BCUT2D eigenvalue weighted by molar-refractivity contribution is 6.01. The molecule has 172 valence electrons. The zero-order chi connectivity index (χ0) is 23.1. The molecule has 2 fully saturated rings. The second-order valence-corrected chi connectivity index (χ2v) is 9.47. The number of aromatic nitrogens is 2. The summed E-state index contributed by atoms with van der Waals surface area (Å²) in [4.78, 5) is 15.3. The van der Waals surface area contributed by atoms with Gasteiger partial charge in [0.2, 0.25) is 0 Å². The molecule has 2 saturated heterocycles. The molecule has 0 saturated carbocycles. The fourth-order valence-electron chi connectivity index (χ4n) is 5.62. The average molecular weight is 453 g/mol. The average Bonchev–Trinajstić information content (AvgIpc) is 3.41. The van der Waals surface area contributed by atoms with Crippen LogP contribution in [0.15, 0.2) is 72.8 Å². The summed E-state index contributed by atoms with van der Waals surface area (Å²) >= 11 is 0. The van der Waals surface area contributed by atoms with E-state index in [1.165, 1.54) is 5.69 Å². The molecule has 2 aliphatic heterocycles. The fraction of sp³-hybridized carbons (Fsp3) is 0.286. The van der Waals surface area contributed by atoms with Crippen molar-refractivity contribution in [2.45, 2.75) is 50.4 Å². The Bertz CT molecular complexity index is 1300. The van der Waals surface area contributed by atoms with Crippen molar-refractivity contribution in [3.8, 4) is 11.3 Å². The van der Waals surface area contributed by atoms with E-state index in [4.69, 9.17) is 0 Å². The van der Waals surface area contributed by atoms with E-state index in [0.717, 1.165) is 53.4 Å². The van der Waals surface area contributed by atoms with Crippen molar-refractivity contribution in [2.75, 3.05) is 4.90 Å². The van der Waals surface area contributed by atoms with Crippen molar-refractivity contribution >= 4 is 22.5 Å². The first-order chi connectivity index (χ1) is 16.7. The van der Waals surface area contributed by atoms with Gasteiger partial charge < -0.3 is 15.3 Å². The fourth-order valence-corrected chi connectivity index (χ4v) is 5.62. The standard InChI is InChI=1S/C28H28N4O2/c33-24-15-22-11-12-23(16-24)32(22)21-9-6-19(7-10-21)27-25-14-20(8-13-26(25)30-31-27)28(34)29-17-18-4-2-1-3-5-18/h1-10,13-14,22-24,33H,11-12,15-17H2,(H,29,34)(H,30,31). The highest BCUT2D eigenvalue weighted by Gasteiger charge is 2.40. The van der Waals surface area contributed by atoms with Crippen molar-refractivity contribution in [2.24, 2.45) is 0 Å². The van der Waals surface area contributed by atoms with E-state index in [1.54, 1.807) is 0 Å². The van der Waals surface area contributed by atoms with Gasteiger partial charge in [0, 0.05) is 40.8 Å². The third-order valence-electron chi connectivity index (χ3n) is 7.27. The van der Waals surface area contributed by atoms with E-state index in [0.29, 0.717) is 24.2 Å². The molecule has 1 aromatic heterocycles. The van der Waals surface area contributed by atoms with Gasteiger partial charge in [-0.25, -0.2) is 0 Å². The summed E-state index contributed by atoms with van der Waals surface area (Å²) in [5.74, 6) is -0.101. The van der Waals surface area contributed by atoms with Crippen LogP contribution in [0, 0.1) is 0 Å². The van der Waals surface area contributed by atoms with Crippen LogP contribution in [0.4, 0.5) is 5.69 Å². The number of aromatic amines is 1. The number of aliphatic hydroxyl groups excluding tert-OH is 1. The van der Waals surface area contributed by atoms with Crippen molar-refractivity contribution < 1.29 is 9.90 Å². The molecular weight excluding hydrogens is 424 g/mol. The Morgan fingerprint density at radius 1 is 1.00 bits per heavy atom. The second-order valence-electron chi connectivity index (χ2n) is 9.47. The molecule has 0 spiro atoms. The number of nitrogens with zero attached hydrogens (tertiary/aromatic N) is 2. The summed E-state index contributed by atoms with van der Waals surface area (Å²) in [6.45, 7) is 0.493. The molecule has 4 aromatic rings. The van der Waals surface area contributed by atoms with E-state index in [9.17, 15) is 9.90 Å². The minimum Gasteiger partial charge on any atom is -0.393 e. The maximum absolute atomic E-state index is 12.8. The van der Waals surface area contributed by atoms with Crippen molar-refractivity contribution in [1.82, 2.24) is 15.5 Å². The van der Waals surface area contributed by atoms with Gasteiger partial charge in [0.1, 0.15) is 0 Å². The number of hydrogen-bond acceptors (Lipinski definition) is 4. The predicted molar refractivity (Wildman–Crippen MR) is 134 cm³/mol. The number of fused-ring (bicyclic) bond motifs is 3. The maximum Gasteiger partial charge on any atom is 0.251 e. The SMILES string of the molecule is O=C(NCc1ccccc1)c1ccc2[nH]nc(-c3ccc(N4C5CCC4CC(O)C5)cc3)c2c1. The van der Waals surface area contributed by atoms with Gasteiger partial charge in [-0.1, -0.05) is 42.5 Å². The lowest BCUT2D eigenvalue weighted by atomic mass is 9.98. The van der Waals surface area contributed by atoms with Gasteiger partial charge in [-0.05, 0) is 61.6 Å². The molecule has 0 aliphatic carbocycles. The van der Waals surface area contributed by atoms with Gasteiger partial charge in [-0.2, -0.15) is 5.10 Å². The van der Waals surface area contributed by atoms with Crippen LogP contribution in [0.2, 0.25) is 0 Å². The summed E-state index contributed by atoms with van der Waals surface area (Å²) in [6, 6.07) is 25.0. The van der Waals surface area contributed by atoms with Gasteiger partial charge in [0.15, 0.2) is 0 Å². The van der Waals surface area contributed by atoms with Crippen molar-refractivity contribution in [1.29, 1.82) is 0 Å². The number of aliphatic hydroxyl groups is 1. The Morgan fingerprint density at radius 2 is 1.74 bits per heavy atom. The van der Waals surface area contributed by atoms with Crippen LogP contribution >= 0.6 is 0 Å². The third kappa shape index (κ3) is 3.84. The number of anilines is 1. The highest BCUT2D eigenvalue weighted by Crippen LogP contribution is 2.40. The summed E-state index contributed by atoms with van der Waals surface area (Å²) in [5.41, 5.74) is 5.66. The molecule has 2 bridgehead atoms. The van der Waals surface area contributed by atoms with Crippen molar-refractivity contribution in [3.63, 3.8) is 0 Å². The third-order valence-corrected chi connectivity index (χ3v) is 7.27. The molecule has 1 amide bonds. The second kappa shape index (κ2) is 8.61. The Hall–Kier alpha value is -3.64. The molecule has 2 aliphatic rings. The monoisotopic (exact) mass is 452 g/mol. The van der Waals surface area contributed by atoms with E-state index in [2.05, 4.69) is 44.7 Å². The van der Waals surface area contributed by atoms with Crippen LogP contribution in [-0.2, 0) is 6.54 Å². The van der Waals surface area contributed by atoms with E-state index >= 15 is 0 Å². The lowest BCUT2D eigenvalue weighted by Gasteiger charge is -2.39.